The minimum absolute atomic E-state index is 0.151. The maximum absolute atomic E-state index is 11.5. The highest BCUT2D eigenvalue weighted by Crippen LogP contribution is 2.26. The molecule has 0 radical (unpaired) electrons. The average molecular weight is 477 g/mol. The number of aromatic nitrogens is 7. The molecule has 0 unspecified atom stereocenters. The highest BCUT2D eigenvalue weighted by atomic mass is 16.5. The number of ether oxygens (including phenoxy) is 1. The van der Waals surface area contributed by atoms with Gasteiger partial charge in [-0.15, -0.1) is 0 Å². The van der Waals surface area contributed by atoms with Gasteiger partial charge >= 0.3 is 0 Å². The van der Waals surface area contributed by atoms with E-state index in [1.54, 1.807) is 22.8 Å². The smallest absolute Gasteiger partial charge is 0.277 e. The molecule has 0 saturated carbocycles. The van der Waals surface area contributed by atoms with Gasteiger partial charge in [0, 0.05) is 62.9 Å². The van der Waals surface area contributed by atoms with Crippen LogP contribution in [0.4, 0.5) is 17.7 Å². The fourth-order valence-corrected chi connectivity index (χ4v) is 3.72. The molecule has 5 heterocycles. The van der Waals surface area contributed by atoms with Crippen LogP contribution in [0.2, 0.25) is 0 Å². The third-order valence-electron chi connectivity index (χ3n) is 5.49. The lowest BCUT2D eigenvalue weighted by Gasteiger charge is -2.28. The maximum Gasteiger partial charge on any atom is 0.277 e. The van der Waals surface area contributed by atoms with Crippen LogP contribution < -0.4 is 21.0 Å². The molecule has 0 atom stereocenters. The molecule has 0 spiro atoms. The van der Waals surface area contributed by atoms with E-state index < -0.39 is 5.91 Å². The summed E-state index contributed by atoms with van der Waals surface area (Å²) in [5.41, 5.74) is 10.3. The van der Waals surface area contributed by atoms with E-state index in [4.69, 9.17) is 25.6 Å². The molecule has 1 aliphatic rings. The second-order valence-corrected chi connectivity index (χ2v) is 7.91. The predicted molar refractivity (Wildman–Crippen MR) is 125 cm³/mol. The molecule has 35 heavy (non-hydrogen) atoms. The molecule has 4 aromatic heterocycles. The molecule has 180 valence electrons. The summed E-state index contributed by atoms with van der Waals surface area (Å²) in [5, 5.41) is 8.75. The van der Waals surface area contributed by atoms with Gasteiger partial charge in [-0.05, 0) is 0 Å². The number of carbonyl (C=O) groups is 1. The summed E-state index contributed by atoms with van der Waals surface area (Å²) >= 11 is 0. The van der Waals surface area contributed by atoms with Crippen molar-refractivity contribution in [3.8, 4) is 11.3 Å². The number of hydrogen-bond donors (Lipinski definition) is 3. The number of nitrogens with two attached hydrogens (primary N) is 1. The topological polar surface area (TPSA) is 173 Å². The Morgan fingerprint density at radius 3 is 2.51 bits per heavy atom. The lowest BCUT2D eigenvalue weighted by atomic mass is 10.2. The van der Waals surface area contributed by atoms with Gasteiger partial charge in [0.2, 0.25) is 11.9 Å². The first-order valence-electron chi connectivity index (χ1n) is 10.8. The number of nitrogens with one attached hydrogen (secondary N) is 1. The minimum atomic E-state index is -0.676. The predicted octanol–water partition coefficient (Wildman–Crippen LogP) is 0.151. The first-order chi connectivity index (χ1) is 17.0. The van der Waals surface area contributed by atoms with E-state index in [2.05, 4.69) is 24.8 Å². The molecular formula is C21H23N11O3. The monoisotopic (exact) mass is 477 g/mol. The van der Waals surface area contributed by atoms with E-state index in [0.29, 0.717) is 50.1 Å². The summed E-state index contributed by atoms with van der Waals surface area (Å²) in [6, 6.07) is 0. The number of nitrogen functional groups attached to an aromatic ring is 1. The Hall–Kier alpha value is -4.43. The van der Waals surface area contributed by atoms with Crippen molar-refractivity contribution in [3.05, 3.63) is 48.4 Å². The number of rotatable bonds is 6. The highest BCUT2D eigenvalue weighted by Gasteiger charge is 2.20. The van der Waals surface area contributed by atoms with Crippen LogP contribution in [0.3, 0.4) is 0 Å². The van der Waals surface area contributed by atoms with Crippen LogP contribution in [0.1, 0.15) is 16.1 Å². The number of amides is 1. The summed E-state index contributed by atoms with van der Waals surface area (Å²) in [7, 11) is 1.82. The number of morpholine rings is 1. The zero-order valence-electron chi connectivity index (χ0n) is 18.9. The highest BCUT2D eigenvalue weighted by molar-refractivity contribution is 5.92. The van der Waals surface area contributed by atoms with E-state index >= 15 is 0 Å². The number of imidazole rings is 1. The molecule has 1 amide bonds. The van der Waals surface area contributed by atoms with Crippen LogP contribution in [0.5, 0.6) is 0 Å². The van der Waals surface area contributed by atoms with E-state index in [1.165, 1.54) is 12.4 Å². The molecule has 0 aliphatic carbocycles. The van der Waals surface area contributed by atoms with E-state index in [9.17, 15) is 4.79 Å². The zero-order valence-corrected chi connectivity index (χ0v) is 18.9. The molecule has 14 nitrogen and oxygen atoms in total. The number of nitrogens with zero attached hydrogens (tertiary/aromatic N) is 9. The largest absolute Gasteiger partial charge is 0.378 e. The second kappa shape index (κ2) is 9.44. The van der Waals surface area contributed by atoms with Gasteiger partial charge in [0.15, 0.2) is 11.5 Å². The van der Waals surface area contributed by atoms with E-state index in [0.717, 1.165) is 17.1 Å². The Labute approximate surface area is 199 Å². The number of fused-ring (bicyclic) bond motifs is 1. The van der Waals surface area contributed by atoms with Crippen LogP contribution in [0.15, 0.2) is 37.2 Å². The van der Waals surface area contributed by atoms with Gasteiger partial charge in [0.05, 0.1) is 36.7 Å². The van der Waals surface area contributed by atoms with Crippen molar-refractivity contribution >= 4 is 29.3 Å². The van der Waals surface area contributed by atoms with Gasteiger partial charge in [0.1, 0.15) is 0 Å². The second-order valence-electron chi connectivity index (χ2n) is 7.91. The van der Waals surface area contributed by atoms with Crippen molar-refractivity contribution in [1.29, 1.82) is 0 Å². The van der Waals surface area contributed by atoms with Crippen LogP contribution in [0, 0.1) is 0 Å². The van der Waals surface area contributed by atoms with E-state index in [-0.39, 0.29) is 11.5 Å². The summed E-state index contributed by atoms with van der Waals surface area (Å²) < 4.78 is 7.44. The van der Waals surface area contributed by atoms with Crippen LogP contribution in [-0.4, -0.2) is 78.8 Å². The van der Waals surface area contributed by atoms with Crippen molar-refractivity contribution in [2.75, 3.05) is 48.9 Å². The third-order valence-corrected chi connectivity index (χ3v) is 5.49. The normalized spacial score (nSPS) is 13.7. The SMILES string of the molecule is CN(Cc1cn2cc(-c3cnc(N)nc3)nc(N3CCOCC3)c2n1)c1ncc(C(=O)NO)cn1. The average Bonchev–Trinajstić information content (AvgIpc) is 3.31. The molecule has 4 aromatic rings. The molecule has 1 fully saturated rings. The number of anilines is 3. The molecule has 1 saturated heterocycles. The van der Waals surface area contributed by atoms with Gasteiger partial charge in [-0.3, -0.25) is 10.0 Å². The number of hydrogen-bond acceptors (Lipinski definition) is 12. The molecule has 14 heteroatoms. The molecular weight excluding hydrogens is 454 g/mol. The van der Waals surface area contributed by atoms with Crippen LogP contribution in [0.25, 0.3) is 16.9 Å². The van der Waals surface area contributed by atoms with E-state index in [1.807, 2.05) is 23.8 Å². The van der Waals surface area contributed by atoms with Gasteiger partial charge in [-0.25, -0.2) is 35.4 Å². The van der Waals surface area contributed by atoms with Crippen LogP contribution >= 0.6 is 0 Å². The number of carbonyl (C=O) groups excluding carboxylic acids is 1. The summed E-state index contributed by atoms with van der Waals surface area (Å²) in [4.78, 5) is 41.7. The summed E-state index contributed by atoms with van der Waals surface area (Å²) in [6.07, 6.45) is 9.77. The van der Waals surface area contributed by atoms with Crippen LogP contribution in [-0.2, 0) is 11.3 Å². The zero-order chi connectivity index (χ0) is 24.4. The van der Waals surface area contributed by atoms with Gasteiger partial charge in [-0.2, -0.15) is 0 Å². The Bertz CT molecular complexity index is 1340. The van der Waals surface area contributed by atoms with Crippen molar-refractivity contribution in [1.82, 2.24) is 39.8 Å². The maximum atomic E-state index is 11.5. The van der Waals surface area contributed by atoms with Gasteiger partial charge in [0.25, 0.3) is 5.91 Å². The fourth-order valence-electron chi connectivity index (χ4n) is 3.72. The summed E-state index contributed by atoms with van der Waals surface area (Å²) in [5.74, 6) is 0.670. The lowest BCUT2D eigenvalue weighted by molar-refractivity contribution is 0.0705. The minimum Gasteiger partial charge on any atom is -0.378 e. The Kier molecular flexibility index (Phi) is 6.03. The molecule has 5 rings (SSSR count). The first-order valence-corrected chi connectivity index (χ1v) is 10.8. The standard InChI is InChI=1S/C21H23N11O3/c1-30(21-25-8-14(9-26-21)19(33)29-34)10-15-11-32-12-16(13-6-23-20(22)24-7-13)28-18(17(32)27-15)31-2-4-35-5-3-31/h6-9,11-12,34H,2-5,10H2,1H3,(H,29,33)(H2,22,23,24). The van der Waals surface area contributed by atoms with Gasteiger partial charge in [-0.1, -0.05) is 0 Å². The Morgan fingerprint density at radius 2 is 1.83 bits per heavy atom. The number of hydroxylamine groups is 1. The molecule has 0 aromatic carbocycles. The first kappa shape index (κ1) is 22.4. The lowest BCUT2D eigenvalue weighted by Crippen LogP contribution is -2.37. The van der Waals surface area contributed by atoms with Crippen molar-refractivity contribution in [2.24, 2.45) is 0 Å². The Morgan fingerprint density at radius 1 is 1.11 bits per heavy atom. The van der Waals surface area contributed by atoms with Gasteiger partial charge < -0.3 is 24.7 Å². The third kappa shape index (κ3) is 4.64. The van der Waals surface area contributed by atoms with Crippen molar-refractivity contribution < 1.29 is 14.7 Å². The molecule has 1 aliphatic heterocycles. The van der Waals surface area contributed by atoms with Crippen molar-refractivity contribution in [3.63, 3.8) is 0 Å². The Balaban J connectivity index is 1.47. The summed E-state index contributed by atoms with van der Waals surface area (Å²) in [6.45, 7) is 3.04. The molecule has 4 N–H and O–H groups in total. The fraction of sp³-hybridized carbons (Fsp3) is 0.286. The van der Waals surface area contributed by atoms with Crippen molar-refractivity contribution in [2.45, 2.75) is 6.54 Å². The molecule has 0 bridgehead atoms. The quantitative estimate of drug-likeness (QED) is 0.254.